The van der Waals surface area contributed by atoms with Crippen LogP contribution in [0.3, 0.4) is 0 Å². The summed E-state index contributed by atoms with van der Waals surface area (Å²) in [4.78, 5) is 13.5. The minimum Gasteiger partial charge on any atom is -0.310 e. The van der Waals surface area contributed by atoms with Gasteiger partial charge in [-0.25, -0.2) is 4.68 Å². The fraction of sp³-hybridized carbons (Fsp3) is 0.304. The zero-order valence-corrected chi connectivity index (χ0v) is 17.7. The SMILES string of the molecule is CC(C)(C)n1nc2c(c1NC(=O)C(c1ccccc1)c1ccccc1)CS(=O)C2. The van der Waals surface area contributed by atoms with Gasteiger partial charge in [0.1, 0.15) is 5.82 Å². The van der Waals surface area contributed by atoms with Gasteiger partial charge in [0.05, 0.1) is 28.7 Å². The lowest BCUT2D eigenvalue weighted by Gasteiger charge is -2.25. The van der Waals surface area contributed by atoms with E-state index in [1.807, 2.05) is 86.1 Å². The van der Waals surface area contributed by atoms with E-state index >= 15 is 0 Å². The van der Waals surface area contributed by atoms with Crippen molar-refractivity contribution in [2.45, 2.75) is 43.7 Å². The van der Waals surface area contributed by atoms with E-state index in [4.69, 9.17) is 0 Å². The third-order valence-corrected chi connectivity index (χ3v) is 6.28. The number of benzene rings is 2. The Kier molecular flexibility index (Phi) is 5.13. The van der Waals surface area contributed by atoms with E-state index in [-0.39, 0.29) is 11.4 Å². The molecule has 1 aliphatic heterocycles. The average Bonchev–Trinajstić information content (AvgIpc) is 3.21. The van der Waals surface area contributed by atoms with Crippen molar-refractivity contribution in [3.63, 3.8) is 0 Å². The molecule has 1 unspecified atom stereocenters. The molecule has 0 aliphatic carbocycles. The van der Waals surface area contributed by atoms with Gasteiger partial charge in [-0.15, -0.1) is 0 Å². The van der Waals surface area contributed by atoms with Crippen LogP contribution in [-0.2, 0) is 32.6 Å². The summed E-state index contributed by atoms with van der Waals surface area (Å²) in [7, 11) is -0.958. The number of hydrogen-bond donors (Lipinski definition) is 1. The zero-order valence-electron chi connectivity index (χ0n) is 16.9. The first-order valence-electron chi connectivity index (χ1n) is 9.71. The van der Waals surface area contributed by atoms with E-state index in [9.17, 15) is 9.00 Å². The first-order chi connectivity index (χ1) is 13.8. The number of rotatable bonds is 4. The summed E-state index contributed by atoms with van der Waals surface area (Å²) < 4.78 is 13.9. The van der Waals surface area contributed by atoms with E-state index in [1.54, 1.807) is 0 Å². The predicted molar refractivity (Wildman–Crippen MR) is 116 cm³/mol. The number of fused-ring (bicyclic) bond motifs is 1. The highest BCUT2D eigenvalue weighted by Gasteiger charge is 2.33. The normalized spacial score (nSPS) is 16.1. The van der Waals surface area contributed by atoms with Crippen LogP contribution in [0.15, 0.2) is 60.7 Å². The molecule has 0 saturated carbocycles. The van der Waals surface area contributed by atoms with E-state index in [0.29, 0.717) is 17.3 Å². The molecule has 1 amide bonds. The fourth-order valence-electron chi connectivity index (χ4n) is 3.72. The van der Waals surface area contributed by atoms with Gasteiger partial charge in [0.2, 0.25) is 5.91 Å². The summed E-state index contributed by atoms with van der Waals surface area (Å²) in [6, 6.07) is 19.5. The van der Waals surface area contributed by atoms with Gasteiger partial charge >= 0.3 is 0 Å². The van der Waals surface area contributed by atoms with Crippen molar-refractivity contribution in [2.75, 3.05) is 5.32 Å². The second-order valence-electron chi connectivity index (χ2n) is 8.33. The Balaban J connectivity index is 1.75. The van der Waals surface area contributed by atoms with Crippen molar-refractivity contribution in [1.29, 1.82) is 0 Å². The standard InChI is InChI=1S/C23H25N3O2S/c1-23(2,3)26-21(18-14-29(28)15-19(18)25-26)24-22(27)20(16-10-6-4-7-11-16)17-12-8-5-9-13-17/h4-13,20H,14-15H2,1-3H3,(H,24,27). The van der Waals surface area contributed by atoms with Crippen molar-refractivity contribution >= 4 is 22.5 Å². The van der Waals surface area contributed by atoms with Crippen molar-refractivity contribution in [3.8, 4) is 0 Å². The van der Waals surface area contributed by atoms with Crippen LogP contribution >= 0.6 is 0 Å². The quantitative estimate of drug-likeness (QED) is 0.706. The zero-order chi connectivity index (χ0) is 20.6. The summed E-state index contributed by atoms with van der Waals surface area (Å²) >= 11 is 0. The molecule has 2 heterocycles. The number of anilines is 1. The maximum absolute atomic E-state index is 13.5. The molecule has 1 aromatic heterocycles. The van der Waals surface area contributed by atoms with Crippen LogP contribution in [0.4, 0.5) is 5.82 Å². The smallest absolute Gasteiger partial charge is 0.237 e. The van der Waals surface area contributed by atoms with Crippen LogP contribution in [0, 0.1) is 0 Å². The van der Waals surface area contributed by atoms with Crippen molar-refractivity contribution in [2.24, 2.45) is 0 Å². The molecule has 29 heavy (non-hydrogen) atoms. The number of nitrogens with zero attached hydrogens (tertiary/aromatic N) is 2. The second-order valence-corrected chi connectivity index (χ2v) is 9.79. The van der Waals surface area contributed by atoms with Crippen LogP contribution in [-0.4, -0.2) is 19.9 Å². The number of hydrogen-bond acceptors (Lipinski definition) is 3. The van der Waals surface area contributed by atoms with Gasteiger partial charge in [-0.3, -0.25) is 9.00 Å². The topological polar surface area (TPSA) is 64.0 Å². The summed E-state index contributed by atoms with van der Waals surface area (Å²) in [6.45, 7) is 6.15. The minimum atomic E-state index is -0.958. The molecule has 0 fully saturated rings. The summed E-state index contributed by atoms with van der Waals surface area (Å²) in [6.07, 6.45) is 0. The lowest BCUT2D eigenvalue weighted by molar-refractivity contribution is -0.116. The van der Waals surface area contributed by atoms with Crippen LogP contribution in [0.25, 0.3) is 0 Å². The largest absolute Gasteiger partial charge is 0.310 e. The lowest BCUT2D eigenvalue weighted by atomic mass is 9.90. The number of aromatic nitrogens is 2. The Morgan fingerprint density at radius 2 is 1.55 bits per heavy atom. The highest BCUT2D eigenvalue weighted by Crippen LogP contribution is 2.34. The maximum Gasteiger partial charge on any atom is 0.237 e. The Labute approximate surface area is 173 Å². The molecule has 6 heteroatoms. The van der Waals surface area contributed by atoms with Crippen molar-refractivity contribution in [3.05, 3.63) is 83.0 Å². The summed E-state index contributed by atoms with van der Waals surface area (Å²) in [5, 5.41) is 7.82. The molecule has 4 rings (SSSR count). The molecule has 1 atom stereocenters. The monoisotopic (exact) mass is 407 g/mol. The molecule has 150 valence electrons. The van der Waals surface area contributed by atoms with Crippen LogP contribution in [0.2, 0.25) is 0 Å². The van der Waals surface area contributed by atoms with Gasteiger partial charge in [-0.05, 0) is 31.9 Å². The van der Waals surface area contributed by atoms with Crippen LogP contribution < -0.4 is 5.32 Å². The lowest BCUT2D eigenvalue weighted by Crippen LogP contribution is -2.29. The van der Waals surface area contributed by atoms with E-state index < -0.39 is 16.7 Å². The van der Waals surface area contributed by atoms with Gasteiger partial charge in [-0.2, -0.15) is 5.10 Å². The first kappa shape index (κ1) is 19.6. The van der Waals surface area contributed by atoms with Gasteiger partial charge in [0.15, 0.2) is 0 Å². The molecule has 2 aromatic carbocycles. The molecule has 1 aliphatic rings. The summed E-state index contributed by atoms with van der Waals surface area (Å²) in [5.41, 5.74) is 3.27. The second kappa shape index (κ2) is 7.59. The third-order valence-electron chi connectivity index (χ3n) is 5.07. The Morgan fingerprint density at radius 3 is 2.07 bits per heavy atom. The first-order valence-corrected chi connectivity index (χ1v) is 11.2. The molecular formula is C23H25N3O2S. The predicted octanol–water partition coefficient (Wildman–Crippen LogP) is 4.17. The van der Waals surface area contributed by atoms with Gasteiger partial charge in [0.25, 0.3) is 0 Å². The van der Waals surface area contributed by atoms with Gasteiger partial charge in [-0.1, -0.05) is 60.7 Å². The van der Waals surface area contributed by atoms with Gasteiger partial charge < -0.3 is 5.32 Å². The van der Waals surface area contributed by atoms with E-state index in [2.05, 4.69) is 10.4 Å². The number of nitrogens with one attached hydrogen (secondary N) is 1. The Hall–Kier alpha value is -2.73. The molecule has 0 radical (unpaired) electrons. The number of carbonyl (C=O) groups excluding carboxylic acids is 1. The molecule has 0 bridgehead atoms. The molecule has 1 N–H and O–H groups in total. The van der Waals surface area contributed by atoms with Crippen molar-refractivity contribution in [1.82, 2.24) is 9.78 Å². The number of carbonyl (C=O) groups is 1. The van der Waals surface area contributed by atoms with Crippen molar-refractivity contribution < 1.29 is 9.00 Å². The average molecular weight is 408 g/mol. The Bertz CT molecular complexity index is 1010. The molecular weight excluding hydrogens is 382 g/mol. The van der Waals surface area contributed by atoms with Crippen LogP contribution in [0.1, 0.15) is 49.1 Å². The molecule has 3 aromatic rings. The molecule has 0 saturated heterocycles. The fourth-order valence-corrected chi connectivity index (χ4v) is 4.98. The third kappa shape index (κ3) is 3.90. The molecule has 5 nitrogen and oxygen atoms in total. The maximum atomic E-state index is 13.5. The van der Waals surface area contributed by atoms with E-state index in [1.165, 1.54) is 0 Å². The van der Waals surface area contributed by atoms with Crippen LogP contribution in [0.5, 0.6) is 0 Å². The molecule has 0 spiro atoms. The summed E-state index contributed by atoms with van der Waals surface area (Å²) in [5.74, 6) is 0.988. The minimum absolute atomic E-state index is 0.117. The highest BCUT2D eigenvalue weighted by atomic mass is 32.2. The van der Waals surface area contributed by atoms with E-state index in [0.717, 1.165) is 22.4 Å². The number of amides is 1. The van der Waals surface area contributed by atoms with Gasteiger partial charge in [0, 0.05) is 16.4 Å². The highest BCUT2D eigenvalue weighted by molar-refractivity contribution is 7.83. The Morgan fingerprint density at radius 1 is 1.00 bits per heavy atom.